The fourth-order valence-corrected chi connectivity index (χ4v) is 2.50. The summed E-state index contributed by atoms with van der Waals surface area (Å²) in [5, 5.41) is 7.20. The molecule has 1 aromatic carbocycles. The molecule has 0 spiro atoms. The minimum atomic E-state index is 1.11. The van der Waals surface area contributed by atoms with Gasteiger partial charge in [-0.25, -0.2) is 0 Å². The van der Waals surface area contributed by atoms with Gasteiger partial charge in [-0.3, -0.25) is 0 Å². The molecular formula is C11H8S. The number of allylic oxidation sites excluding steroid dienone is 1. The van der Waals surface area contributed by atoms with Crippen molar-refractivity contribution < 1.29 is 0 Å². The van der Waals surface area contributed by atoms with Gasteiger partial charge in [0.25, 0.3) is 0 Å². The van der Waals surface area contributed by atoms with Gasteiger partial charge in [0.2, 0.25) is 0 Å². The Hall–Kier alpha value is -1.08. The molecule has 1 aliphatic carbocycles. The average molecular weight is 172 g/mol. The summed E-state index contributed by atoms with van der Waals surface area (Å²) in [5.74, 6) is 0. The zero-order chi connectivity index (χ0) is 7.97. The Morgan fingerprint density at radius 1 is 1.08 bits per heavy atom. The highest BCUT2D eigenvalue weighted by atomic mass is 32.1. The standard InChI is InChI=1S/C11H8S/c1-2-8-4-10-6-12-7-11(10)5-9(8)3-1/h1-2,4-7H,3H2. The number of thiophene rings is 1. The summed E-state index contributed by atoms with van der Waals surface area (Å²) in [6.45, 7) is 0. The molecular weight excluding hydrogens is 164 g/mol. The molecule has 0 fully saturated rings. The molecule has 0 saturated heterocycles. The van der Waals surface area contributed by atoms with Crippen LogP contribution in [0.1, 0.15) is 11.1 Å². The molecule has 0 aliphatic heterocycles. The van der Waals surface area contributed by atoms with Crippen molar-refractivity contribution >= 4 is 28.2 Å². The Bertz CT molecular complexity index is 463. The first-order valence-corrected chi connectivity index (χ1v) is 5.03. The average Bonchev–Trinajstić information content (AvgIpc) is 2.64. The third kappa shape index (κ3) is 0.772. The van der Waals surface area contributed by atoms with Gasteiger partial charge < -0.3 is 0 Å². The Morgan fingerprint density at radius 2 is 1.92 bits per heavy atom. The first-order valence-electron chi connectivity index (χ1n) is 4.09. The minimum absolute atomic E-state index is 1.11. The molecule has 0 unspecified atom stereocenters. The lowest BCUT2D eigenvalue weighted by Crippen LogP contribution is -1.79. The van der Waals surface area contributed by atoms with E-state index in [1.165, 1.54) is 21.9 Å². The SMILES string of the molecule is C1=Cc2cc3cscc3cc2C1. The van der Waals surface area contributed by atoms with E-state index in [4.69, 9.17) is 0 Å². The van der Waals surface area contributed by atoms with Crippen LogP contribution in [0, 0.1) is 0 Å². The minimum Gasteiger partial charge on any atom is -0.151 e. The van der Waals surface area contributed by atoms with Crippen molar-refractivity contribution in [3.63, 3.8) is 0 Å². The van der Waals surface area contributed by atoms with E-state index in [1.54, 1.807) is 11.3 Å². The number of fused-ring (bicyclic) bond motifs is 2. The van der Waals surface area contributed by atoms with Crippen LogP contribution < -0.4 is 0 Å². The molecule has 0 atom stereocenters. The molecule has 1 aliphatic rings. The molecule has 3 rings (SSSR count). The van der Waals surface area contributed by atoms with Crippen LogP contribution in [0.5, 0.6) is 0 Å². The molecule has 1 heteroatoms. The number of hydrogen-bond acceptors (Lipinski definition) is 1. The molecule has 2 aromatic rings. The van der Waals surface area contributed by atoms with Gasteiger partial charge in [-0.05, 0) is 51.2 Å². The Labute approximate surface area is 75.2 Å². The summed E-state index contributed by atoms with van der Waals surface area (Å²) in [7, 11) is 0. The fraction of sp³-hybridized carbons (Fsp3) is 0.0909. The zero-order valence-corrected chi connectivity index (χ0v) is 7.40. The predicted octanol–water partition coefficient (Wildman–Crippen LogP) is 3.47. The van der Waals surface area contributed by atoms with Crippen molar-refractivity contribution in [3.8, 4) is 0 Å². The smallest absolute Gasteiger partial charge is 0.00143 e. The van der Waals surface area contributed by atoms with Crippen LogP contribution >= 0.6 is 11.3 Å². The van der Waals surface area contributed by atoms with E-state index in [9.17, 15) is 0 Å². The molecule has 0 radical (unpaired) electrons. The van der Waals surface area contributed by atoms with Gasteiger partial charge in [-0.2, -0.15) is 11.3 Å². The summed E-state index contributed by atoms with van der Waals surface area (Å²) >= 11 is 1.78. The third-order valence-corrected chi connectivity index (χ3v) is 3.15. The summed E-state index contributed by atoms with van der Waals surface area (Å²) in [4.78, 5) is 0. The van der Waals surface area contributed by atoms with Crippen LogP contribution in [0.15, 0.2) is 29.0 Å². The van der Waals surface area contributed by atoms with Gasteiger partial charge in [0.1, 0.15) is 0 Å². The maximum Gasteiger partial charge on any atom is -0.00143 e. The molecule has 1 aromatic heterocycles. The lowest BCUT2D eigenvalue weighted by atomic mass is 10.1. The van der Waals surface area contributed by atoms with Crippen LogP contribution in [0.3, 0.4) is 0 Å². The van der Waals surface area contributed by atoms with Crippen LogP contribution in [-0.2, 0) is 6.42 Å². The highest BCUT2D eigenvalue weighted by molar-refractivity contribution is 7.09. The zero-order valence-electron chi connectivity index (χ0n) is 6.58. The number of rotatable bonds is 0. The number of hydrogen-bond donors (Lipinski definition) is 0. The second-order valence-corrected chi connectivity index (χ2v) is 3.90. The monoisotopic (exact) mass is 172 g/mol. The van der Waals surface area contributed by atoms with Gasteiger partial charge in [0.05, 0.1) is 0 Å². The predicted molar refractivity (Wildman–Crippen MR) is 54.6 cm³/mol. The van der Waals surface area contributed by atoms with Crippen molar-refractivity contribution in [1.29, 1.82) is 0 Å². The molecule has 58 valence electrons. The molecule has 0 saturated carbocycles. The van der Waals surface area contributed by atoms with E-state index in [1.807, 2.05) is 0 Å². The molecule has 12 heavy (non-hydrogen) atoms. The van der Waals surface area contributed by atoms with Gasteiger partial charge in [-0.1, -0.05) is 12.2 Å². The lowest BCUT2D eigenvalue weighted by Gasteiger charge is -1.97. The summed E-state index contributed by atoms with van der Waals surface area (Å²) in [6.07, 6.45) is 5.56. The Balaban J connectivity index is 2.43. The van der Waals surface area contributed by atoms with E-state index in [0.717, 1.165) is 6.42 Å². The van der Waals surface area contributed by atoms with E-state index in [2.05, 4.69) is 35.0 Å². The van der Waals surface area contributed by atoms with E-state index in [-0.39, 0.29) is 0 Å². The van der Waals surface area contributed by atoms with Crippen molar-refractivity contribution in [2.45, 2.75) is 6.42 Å². The van der Waals surface area contributed by atoms with Crippen LogP contribution in [0.2, 0.25) is 0 Å². The fourth-order valence-electron chi connectivity index (χ4n) is 1.73. The second-order valence-electron chi connectivity index (χ2n) is 3.16. The third-order valence-electron chi connectivity index (χ3n) is 2.37. The maximum atomic E-state index is 2.31. The normalized spacial score (nSPS) is 14.0. The first-order chi connectivity index (χ1) is 5.93. The van der Waals surface area contributed by atoms with Crippen LogP contribution in [0.25, 0.3) is 16.8 Å². The van der Waals surface area contributed by atoms with E-state index >= 15 is 0 Å². The van der Waals surface area contributed by atoms with Crippen molar-refractivity contribution in [2.24, 2.45) is 0 Å². The highest BCUT2D eigenvalue weighted by Crippen LogP contribution is 2.27. The molecule has 1 heterocycles. The van der Waals surface area contributed by atoms with Gasteiger partial charge in [0.15, 0.2) is 0 Å². The largest absolute Gasteiger partial charge is 0.151 e. The topological polar surface area (TPSA) is 0 Å². The summed E-state index contributed by atoms with van der Waals surface area (Å²) < 4.78 is 0. The summed E-state index contributed by atoms with van der Waals surface area (Å²) in [5.41, 5.74) is 2.88. The quantitative estimate of drug-likeness (QED) is 0.570. The molecule has 0 nitrogen and oxygen atoms in total. The highest BCUT2D eigenvalue weighted by Gasteiger charge is 2.06. The maximum absolute atomic E-state index is 2.31. The summed E-state index contributed by atoms with van der Waals surface area (Å²) in [6, 6.07) is 4.59. The van der Waals surface area contributed by atoms with Crippen LogP contribution in [0.4, 0.5) is 0 Å². The Morgan fingerprint density at radius 3 is 2.83 bits per heavy atom. The van der Waals surface area contributed by atoms with Crippen LogP contribution in [-0.4, -0.2) is 0 Å². The molecule has 0 N–H and O–H groups in total. The van der Waals surface area contributed by atoms with Gasteiger partial charge in [-0.15, -0.1) is 0 Å². The first kappa shape index (κ1) is 6.44. The van der Waals surface area contributed by atoms with Gasteiger partial charge in [0, 0.05) is 0 Å². The van der Waals surface area contributed by atoms with E-state index in [0.29, 0.717) is 0 Å². The Kier molecular flexibility index (Phi) is 1.18. The van der Waals surface area contributed by atoms with Crippen molar-refractivity contribution in [3.05, 3.63) is 40.1 Å². The van der Waals surface area contributed by atoms with Gasteiger partial charge >= 0.3 is 0 Å². The van der Waals surface area contributed by atoms with Crippen molar-refractivity contribution in [1.82, 2.24) is 0 Å². The number of benzene rings is 1. The van der Waals surface area contributed by atoms with E-state index < -0.39 is 0 Å². The molecule has 0 bridgehead atoms. The second kappa shape index (κ2) is 2.20. The molecule has 0 amide bonds. The lowest BCUT2D eigenvalue weighted by molar-refractivity contribution is 1.33. The van der Waals surface area contributed by atoms with Crippen molar-refractivity contribution in [2.75, 3.05) is 0 Å².